The van der Waals surface area contributed by atoms with Crippen molar-refractivity contribution in [3.8, 4) is 0 Å². The van der Waals surface area contributed by atoms with Crippen LogP contribution in [0.5, 0.6) is 0 Å². The highest BCUT2D eigenvalue weighted by atomic mass is 35.5. The van der Waals surface area contributed by atoms with Crippen molar-refractivity contribution >= 4 is 28.9 Å². The van der Waals surface area contributed by atoms with E-state index in [9.17, 15) is 9.59 Å². The summed E-state index contributed by atoms with van der Waals surface area (Å²) in [5, 5.41) is 5.28. The van der Waals surface area contributed by atoms with Gasteiger partial charge >= 0.3 is 0 Å². The van der Waals surface area contributed by atoms with Crippen molar-refractivity contribution in [3.63, 3.8) is 0 Å². The molecule has 22 heavy (non-hydrogen) atoms. The number of nitrogens with one attached hydrogen (secondary N) is 1. The summed E-state index contributed by atoms with van der Waals surface area (Å²) in [6.07, 6.45) is 4.00. The van der Waals surface area contributed by atoms with Crippen molar-refractivity contribution in [2.24, 2.45) is 7.05 Å². The van der Waals surface area contributed by atoms with Crippen LogP contribution in [-0.4, -0.2) is 27.4 Å². The smallest absolute Gasteiger partial charge is 0.189 e. The third kappa shape index (κ3) is 2.79. The summed E-state index contributed by atoms with van der Waals surface area (Å²) in [5.41, 5.74) is 0.785. The molecule has 0 aliphatic carbocycles. The number of benzene rings is 1. The molecule has 0 radical (unpaired) electrons. The van der Waals surface area contributed by atoms with Gasteiger partial charge in [-0.3, -0.25) is 19.3 Å². The maximum atomic E-state index is 12.8. The Morgan fingerprint density at radius 1 is 1.59 bits per heavy atom. The number of hydrogen-bond donors (Lipinski definition) is 1. The minimum Gasteiger partial charge on any atom is -0.292 e. The first kappa shape index (κ1) is 11.2. The maximum Gasteiger partial charge on any atom is 0.189 e. The van der Waals surface area contributed by atoms with Gasteiger partial charge in [0, 0.05) is 36.1 Å². The molecule has 0 bridgehead atoms. The largest absolute Gasteiger partial charge is 0.292 e. The van der Waals surface area contributed by atoms with Gasteiger partial charge < -0.3 is 0 Å². The number of anilines is 1. The summed E-state index contributed by atoms with van der Waals surface area (Å²) < 4.78 is 25.9. The SMILES string of the molecule is [2H]C1=CN(c2cnn(C)c2)N([2H])C([2H])(C(=O)c2cccc(Cl)c2)C1=O. The van der Waals surface area contributed by atoms with E-state index in [4.69, 9.17) is 15.8 Å². The summed E-state index contributed by atoms with van der Waals surface area (Å²) in [7, 11) is 1.66. The van der Waals surface area contributed by atoms with Gasteiger partial charge in [0.05, 0.1) is 14.6 Å². The van der Waals surface area contributed by atoms with Crippen LogP contribution >= 0.6 is 11.6 Å². The van der Waals surface area contributed by atoms with Crippen molar-refractivity contribution in [2.75, 3.05) is 5.01 Å². The Bertz CT molecular complexity index is 900. The van der Waals surface area contributed by atoms with Gasteiger partial charge in [-0.2, -0.15) is 5.10 Å². The molecule has 2 aromatic rings. The average Bonchev–Trinajstić information content (AvgIpc) is 3.01. The predicted molar refractivity (Wildman–Crippen MR) is 82.5 cm³/mol. The Morgan fingerprint density at radius 3 is 3.09 bits per heavy atom. The number of aryl methyl sites for hydroxylation is 1. The van der Waals surface area contributed by atoms with Gasteiger partial charge in [0.2, 0.25) is 0 Å². The van der Waals surface area contributed by atoms with Gasteiger partial charge in [0.15, 0.2) is 17.6 Å². The number of carbonyl (C=O) groups excluding carboxylic acids is 2. The van der Waals surface area contributed by atoms with Crippen LogP contribution in [0.2, 0.25) is 6.43 Å². The molecule has 6 nitrogen and oxygen atoms in total. The number of hydrogen-bond acceptors (Lipinski definition) is 5. The molecule has 0 saturated carbocycles. The Kier molecular flexibility index (Phi) is 2.92. The first-order chi connectivity index (χ1) is 11.7. The average molecular weight is 320 g/mol. The summed E-state index contributed by atoms with van der Waals surface area (Å²) in [4.78, 5) is 25.3. The number of Topliss-reactive ketones (excluding diaryl/α,β-unsaturated/α-hetero) is 1. The highest BCUT2D eigenvalue weighted by molar-refractivity contribution is 6.31. The topological polar surface area (TPSA) is 67.2 Å². The minimum absolute atomic E-state index is 0.00827. The number of carbonyl (C=O) groups is 2. The summed E-state index contributed by atoms with van der Waals surface area (Å²) in [6.45, 7) is 0. The molecule has 2 heterocycles. The van der Waals surface area contributed by atoms with Crippen molar-refractivity contribution in [1.82, 2.24) is 15.2 Å². The van der Waals surface area contributed by atoms with E-state index >= 15 is 0 Å². The number of nitrogens with zero attached hydrogens (tertiary/aromatic N) is 3. The van der Waals surface area contributed by atoms with Gasteiger partial charge in [-0.1, -0.05) is 23.7 Å². The van der Waals surface area contributed by atoms with Crippen molar-refractivity contribution < 1.29 is 13.7 Å². The number of halogens is 1. The van der Waals surface area contributed by atoms with E-state index in [-0.39, 0.29) is 10.6 Å². The van der Waals surface area contributed by atoms with Gasteiger partial charge in [-0.25, -0.2) is 5.42 Å². The minimum atomic E-state index is -2.65. The second kappa shape index (κ2) is 5.75. The zero-order chi connectivity index (χ0) is 18.4. The molecule has 7 heteroatoms. The van der Waals surface area contributed by atoms with Gasteiger partial charge in [-0.15, -0.1) is 0 Å². The molecular weight excluding hydrogens is 304 g/mol. The third-order valence-electron chi connectivity index (χ3n) is 3.00. The summed E-state index contributed by atoms with van der Waals surface area (Å²) in [6, 6.07) is 2.58. The molecule has 0 amide bonds. The van der Waals surface area contributed by atoms with Crippen LogP contribution < -0.4 is 10.4 Å². The zero-order valence-corrected chi connectivity index (χ0v) is 12.3. The molecule has 1 aromatic carbocycles. The Hall–Kier alpha value is -2.44. The monoisotopic (exact) mass is 319 g/mol. The molecule has 1 atom stereocenters. The molecule has 1 aliphatic heterocycles. The number of aromatic nitrogens is 2. The lowest BCUT2D eigenvalue weighted by molar-refractivity contribution is -0.115. The summed E-state index contributed by atoms with van der Waals surface area (Å²) in [5.74, 6) is -2.03. The Labute approximate surface area is 136 Å². The Balaban J connectivity index is 2.08. The number of ketones is 2. The first-order valence-corrected chi connectivity index (χ1v) is 6.73. The fraction of sp³-hybridized carbons (Fsp3) is 0.133. The predicted octanol–water partition coefficient (Wildman–Crippen LogP) is 1.73. The zero-order valence-electron chi connectivity index (χ0n) is 14.5. The van der Waals surface area contributed by atoms with Crippen LogP contribution in [-0.2, 0) is 11.8 Å². The quantitative estimate of drug-likeness (QED) is 0.689. The van der Waals surface area contributed by atoms with E-state index < -0.39 is 23.6 Å². The number of rotatable bonds is 3. The van der Waals surface area contributed by atoms with Gasteiger partial charge in [-0.05, 0) is 12.1 Å². The molecule has 1 unspecified atom stereocenters. The molecule has 112 valence electrons. The van der Waals surface area contributed by atoms with Crippen LogP contribution in [0.1, 0.15) is 13.1 Å². The molecule has 1 aliphatic rings. The summed E-state index contributed by atoms with van der Waals surface area (Å²) >= 11 is 5.87. The van der Waals surface area contributed by atoms with Crippen molar-refractivity contribution in [1.29, 1.82) is 0 Å². The van der Waals surface area contributed by atoms with Crippen LogP contribution in [0.15, 0.2) is 48.9 Å². The number of hydrazine groups is 1. The molecule has 3 rings (SSSR count). The van der Waals surface area contributed by atoms with E-state index in [1.54, 1.807) is 13.1 Å². The van der Waals surface area contributed by atoms with E-state index in [2.05, 4.69) is 5.10 Å². The van der Waals surface area contributed by atoms with Crippen LogP contribution in [0, 0.1) is 0 Å². The molecular formula is C15H13ClN4O2. The van der Waals surface area contributed by atoms with Crippen molar-refractivity contribution in [3.05, 3.63) is 59.5 Å². The molecule has 1 aromatic heterocycles. The lowest BCUT2D eigenvalue weighted by Gasteiger charge is -2.28. The second-order valence-corrected chi connectivity index (χ2v) is 5.04. The highest BCUT2D eigenvalue weighted by Gasteiger charge is 2.30. The van der Waals surface area contributed by atoms with Crippen LogP contribution in [0.25, 0.3) is 0 Å². The van der Waals surface area contributed by atoms with Crippen LogP contribution in [0.4, 0.5) is 5.69 Å². The lowest BCUT2D eigenvalue weighted by atomic mass is 10.0. The van der Waals surface area contributed by atoms with Crippen LogP contribution in [0.3, 0.4) is 0 Å². The first-order valence-electron chi connectivity index (χ1n) is 7.80. The van der Waals surface area contributed by atoms with E-state index in [1.165, 1.54) is 35.3 Å². The molecule has 0 fully saturated rings. The third-order valence-corrected chi connectivity index (χ3v) is 3.23. The maximum absolute atomic E-state index is 12.8. The van der Waals surface area contributed by atoms with E-state index in [0.29, 0.717) is 11.1 Å². The molecule has 0 saturated heterocycles. The fourth-order valence-corrected chi connectivity index (χ4v) is 2.13. The van der Waals surface area contributed by atoms with E-state index in [0.717, 1.165) is 11.2 Å². The second-order valence-electron chi connectivity index (χ2n) is 4.61. The highest BCUT2D eigenvalue weighted by Crippen LogP contribution is 2.17. The van der Waals surface area contributed by atoms with Gasteiger partial charge in [0.1, 0.15) is 1.41 Å². The standard InChI is InChI=1S/C15H13ClN4O2/c1-19-9-12(8-17-19)20-6-5-13(21)14(18-20)15(22)10-3-2-4-11(16)7-10/h2-9,14,18H,1H3/i5D,14D/hD. The normalized spacial score (nSPS) is 24.5. The van der Waals surface area contributed by atoms with Gasteiger partial charge in [0.25, 0.3) is 0 Å². The fourth-order valence-electron chi connectivity index (χ4n) is 1.94. The lowest BCUT2D eigenvalue weighted by Crippen LogP contribution is -2.53. The molecule has 0 spiro atoms. The molecule has 1 N–H and O–H groups in total. The van der Waals surface area contributed by atoms with Crippen molar-refractivity contribution in [2.45, 2.75) is 6.02 Å². The Morgan fingerprint density at radius 2 is 2.41 bits per heavy atom. The van der Waals surface area contributed by atoms with E-state index in [1.807, 2.05) is 0 Å².